The van der Waals surface area contributed by atoms with E-state index in [-0.39, 0.29) is 60.2 Å². The highest BCUT2D eigenvalue weighted by molar-refractivity contribution is 7.88. The molecule has 0 spiro atoms. The molecule has 4 heterocycles. The zero-order chi connectivity index (χ0) is 49.9. The van der Waals surface area contributed by atoms with Crippen molar-refractivity contribution in [2.75, 3.05) is 16.9 Å². The first kappa shape index (κ1) is 56.4. The zero-order valence-corrected chi connectivity index (χ0v) is 42.5. The third-order valence-electron chi connectivity index (χ3n) is 12.5. The Kier molecular flexibility index (Phi) is 24.8. The van der Waals surface area contributed by atoms with Crippen molar-refractivity contribution in [3.8, 4) is 0 Å². The van der Waals surface area contributed by atoms with Gasteiger partial charge in [0.25, 0.3) is 0 Å². The van der Waals surface area contributed by atoms with Gasteiger partial charge >= 0.3 is 0 Å². The summed E-state index contributed by atoms with van der Waals surface area (Å²) in [6.45, 7) is 0. The van der Waals surface area contributed by atoms with Gasteiger partial charge in [-0.3, -0.25) is 19.2 Å². The van der Waals surface area contributed by atoms with Crippen molar-refractivity contribution in [2.24, 2.45) is 0 Å². The van der Waals surface area contributed by atoms with Crippen LogP contribution in [0.5, 0.6) is 0 Å². The number of nitrogens with zero attached hydrogens (tertiary/aromatic N) is 2. The van der Waals surface area contributed by atoms with Gasteiger partial charge in [0.2, 0.25) is 11.8 Å². The normalized spacial score (nSPS) is 14.4. The number of hydrogen-bond donors (Lipinski definition) is 0. The number of ketones is 2. The first-order valence-corrected chi connectivity index (χ1v) is 25.3. The molecule has 0 bridgehead atoms. The first-order valence-electron chi connectivity index (χ1n) is 24.6. The summed E-state index contributed by atoms with van der Waals surface area (Å²) in [4.78, 5) is 64.4. The summed E-state index contributed by atoms with van der Waals surface area (Å²) in [6.07, 6.45) is 25.6. The number of amides is 2. The standard InChI is InChI=1S/2C29H30N2O2.CH4O3S.ClH/c2*32-26(19-18-23-11-10-20-30-22-23)15-6-1-2-7-17-29(33)31-27-16-9-8-14-25(27)21-28(31)24-12-4-3-5-13-24;1-3-4-5-2;/h2*3-5,8-14,16,18-20,22,28H,1-2,6-7,15,17,21H2;2H,1H3;1H/b2*19-18+;;. The summed E-state index contributed by atoms with van der Waals surface area (Å²) in [5.41, 5.74) is 8.90. The minimum atomic E-state index is -0.0706. The molecule has 72 heavy (non-hydrogen) atoms. The van der Waals surface area contributed by atoms with E-state index in [0.29, 0.717) is 25.7 Å². The Bertz CT molecular complexity index is 2440. The second-order valence-corrected chi connectivity index (χ2v) is 17.7. The molecular weight excluding hydrogens is 944 g/mol. The van der Waals surface area contributed by atoms with Gasteiger partial charge in [0.1, 0.15) is 0 Å². The number of carbonyl (C=O) groups excluding carboxylic acids is 4. The van der Waals surface area contributed by atoms with Crippen molar-refractivity contribution in [1.29, 1.82) is 0 Å². The average Bonchev–Trinajstić information content (AvgIpc) is 4.01. The number of H-pyrrole nitrogens is 2. The van der Waals surface area contributed by atoms with Crippen LogP contribution < -0.4 is 32.2 Å². The van der Waals surface area contributed by atoms with Crippen molar-refractivity contribution in [1.82, 2.24) is 0 Å². The molecule has 2 atom stereocenters. The number of benzene rings is 4. The van der Waals surface area contributed by atoms with E-state index in [1.165, 1.54) is 29.4 Å². The molecule has 2 aromatic heterocycles. The van der Waals surface area contributed by atoms with Crippen molar-refractivity contribution in [3.05, 3.63) is 204 Å². The van der Waals surface area contributed by atoms with Crippen LogP contribution >= 0.6 is 12.3 Å². The smallest absolute Gasteiger partial charge is 0.227 e. The van der Waals surface area contributed by atoms with E-state index < -0.39 is 0 Å². The fourth-order valence-electron chi connectivity index (χ4n) is 8.97. The lowest BCUT2D eigenvalue weighted by molar-refractivity contribution is -0.378. The predicted octanol–water partition coefficient (Wildman–Crippen LogP) is 8.86. The van der Waals surface area contributed by atoms with Crippen LogP contribution in [0.3, 0.4) is 0 Å². The predicted molar refractivity (Wildman–Crippen MR) is 280 cm³/mol. The second kappa shape index (κ2) is 31.7. The van der Waals surface area contributed by atoms with E-state index in [2.05, 4.69) is 67.7 Å². The van der Waals surface area contributed by atoms with E-state index in [4.69, 9.17) is 4.55 Å². The van der Waals surface area contributed by atoms with E-state index in [0.717, 1.165) is 86.7 Å². The monoisotopic (exact) mass is 1010 g/mol. The summed E-state index contributed by atoms with van der Waals surface area (Å²) in [6, 6.07) is 45.0. The van der Waals surface area contributed by atoms with Gasteiger partial charge in [-0.2, -0.15) is 4.33 Å². The summed E-state index contributed by atoms with van der Waals surface area (Å²) in [5.74, 6) is 0.670. The lowest BCUT2D eigenvalue weighted by Gasteiger charge is -2.26. The van der Waals surface area contributed by atoms with E-state index in [1.807, 2.05) is 132 Å². The van der Waals surface area contributed by atoms with Crippen LogP contribution in [0.1, 0.15) is 123 Å². The number of hydrogen-bond acceptors (Lipinski definition) is 8. The molecule has 0 radical (unpaired) electrons. The molecule has 2 unspecified atom stereocenters. The maximum atomic E-state index is 13.2. The number of pyridine rings is 2. The Morgan fingerprint density at radius 3 is 1.29 bits per heavy atom. The van der Waals surface area contributed by atoms with Gasteiger partial charge < -0.3 is 26.8 Å². The fraction of sp³-hybridized carbons (Fsp3) is 0.288. The second-order valence-electron chi connectivity index (χ2n) is 17.5. The van der Waals surface area contributed by atoms with Crippen LogP contribution in [0.15, 0.2) is 170 Å². The Hall–Kier alpha value is -6.54. The van der Waals surface area contributed by atoms with E-state index >= 15 is 0 Å². The van der Waals surface area contributed by atoms with Crippen LogP contribution in [-0.4, -0.2) is 35.0 Å². The molecule has 4 aromatic carbocycles. The van der Waals surface area contributed by atoms with Crippen LogP contribution in [0.4, 0.5) is 11.4 Å². The molecule has 11 nitrogen and oxygen atoms in total. The van der Waals surface area contributed by atoms with Gasteiger partial charge in [-0.1, -0.05) is 135 Å². The van der Waals surface area contributed by atoms with E-state index in [9.17, 15) is 19.2 Å². The number of fused-ring (bicyclic) bond motifs is 2. The van der Waals surface area contributed by atoms with Crippen LogP contribution in [0.25, 0.3) is 12.2 Å². The summed E-state index contributed by atoms with van der Waals surface area (Å²) < 4.78 is 12.8. The third-order valence-corrected chi connectivity index (χ3v) is 12.7. The summed E-state index contributed by atoms with van der Waals surface area (Å²) in [7, 11) is 1.27. The molecule has 2 aliphatic heterocycles. The Morgan fingerprint density at radius 2 is 0.931 bits per heavy atom. The van der Waals surface area contributed by atoms with Gasteiger partial charge in [0.05, 0.1) is 19.2 Å². The van der Waals surface area contributed by atoms with Crippen LogP contribution in [-0.2, 0) is 41.2 Å². The highest BCUT2D eigenvalue weighted by atomic mass is 35.5. The molecule has 376 valence electrons. The van der Waals surface area contributed by atoms with Crippen LogP contribution in [0.2, 0.25) is 0 Å². The topological polar surface area (TPSA) is 145 Å². The summed E-state index contributed by atoms with van der Waals surface area (Å²) in [5, 5.41) is 0. The molecule has 0 fully saturated rings. The number of aromatic amines is 2. The van der Waals surface area contributed by atoms with E-state index in [1.54, 1.807) is 12.2 Å². The number of carbonyl (C=O) groups is 4. The van der Waals surface area contributed by atoms with Crippen LogP contribution in [0, 0.1) is 0 Å². The zero-order valence-electron chi connectivity index (χ0n) is 40.9. The van der Waals surface area contributed by atoms with Crippen molar-refractivity contribution < 1.29 is 55.3 Å². The number of nitrogens with one attached hydrogen (secondary N) is 2. The highest BCUT2D eigenvalue weighted by Crippen LogP contribution is 2.42. The average molecular weight is 1010 g/mol. The number of rotatable bonds is 22. The van der Waals surface area contributed by atoms with Crippen molar-refractivity contribution >= 4 is 59.2 Å². The molecule has 2 N–H and O–H groups in total. The first-order chi connectivity index (χ1) is 34.9. The Labute approximate surface area is 435 Å². The molecule has 13 heteroatoms. The number of halogens is 1. The van der Waals surface area contributed by atoms with Gasteiger partial charge in [0, 0.05) is 60.3 Å². The molecular formula is C59H65ClN4O7S. The van der Waals surface area contributed by atoms with Gasteiger partial charge in [-0.25, -0.2) is 14.9 Å². The lowest BCUT2D eigenvalue weighted by Crippen LogP contribution is -3.00. The van der Waals surface area contributed by atoms with Crippen molar-refractivity contribution in [2.45, 2.75) is 102 Å². The highest BCUT2D eigenvalue weighted by Gasteiger charge is 2.35. The molecule has 6 aromatic rings. The third kappa shape index (κ3) is 17.9. The quantitative estimate of drug-likeness (QED) is 0.0216. The largest absolute Gasteiger partial charge is 1.00 e. The number of para-hydroxylation sites is 2. The minimum absolute atomic E-state index is 0. The number of aromatic nitrogens is 2. The molecule has 0 aliphatic carbocycles. The fourth-order valence-corrected chi connectivity index (χ4v) is 9.02. The molecule has 2 aliphatic rings. The molecule has 0 saturated heterocycles. The molecule has 2 amide bonds. The van der Waals surface area contributed by atoms with Gasteiger partial charge in [-0.05, 0) is 109 Å². The van der Waals surface area contributed by atoms with Crippen molar-refractivity contribution in [3.63, 3.8) is 0 Å². The SMILES string of the molecule is COOS[O-].O=C(/C=C/c1ccc[nH+]c1)CCCCCCC(=O)N1c2ccccc2CC1c1ccccc1.O=C(/C=C/c1ccc[nH+]c1)CCCCCCC(=O)N1c2ccccc2CC1c1ccccc1.[Cl-]. The lowest BCUT2D eigenvalue weighted by atomic mass is 10.0. The van der Waals surface area contributed by atoms with Gasteiger partial charge in [0.15, 0.2) is 36.4 Å². The Morgan fingerprint density at radius 1 is 0.542 bits per heavy atom. The molecule has 8 rings (SSSR count). The maximum Gasteiger partial charge on any atom is 0.227 e. The minimum Gasteiger partial charge on any atom is -1.00 e. The number of allylic oxidation sites excluding steroid dienone is 2. The van der Waals surface area contributed by atoms with Gasteiger partial charge in [-0.15, -0.1) is 0 Å². The molecule has 0 saturated carbocycles. The Balaban J connectivity index is 0.000000241. The maximum absolute atomic E-state index is 13.2. The number of anilines is 2. The number of unbranched alkanes of at least 4 members (excludes halogenated alkanes) is 6. The summed E-state index contributed by atoms with van der Waals surface area (Å²) >= 11 is -0.0706.